The normalized spacial score (nSPS) is 10.1. The molecule has 0 saturated heterocycles. The van der Waals surface area contributed by atoms with Gasteiger partial charge in [0, 0.05) is 7.05 Å². The Morgan fingerprint density at radius 3 is 1.91 bits per heavy atom. The Balaban J connectivity index is 1.61. The van der Waals surface area contributed by atoms with Crippen molar-refractivity contribution in [2.75, 3.05) is 23.2 Å². The Labute approximate surface area is 137 Å². The lowest BCUT2D eigenvalue weighted by Gasteiger charge is -2.13. The van der Waals surface area contributed by atoms with Crippen molar-refractivity contribution in [3.8, 4) is 0 Å². The van der Waals surface area contributed by atoms with Crippen molar-refractivity contribution in [3.05, 3.63) is 90.0 Å². The summed E-state index contributed by atoms with van der Waals surface area (Å²) in [6.07, 6.45) is 0.955. The number of para-hydroxylation sites is 2. The van der Waals surface area contributed by atoms with E-state index in [9.17, 15) is 0 Å². The third kappa shape index (κ3) is 4.04. The van der Waals surface area contributed by atoms with Crippen LogP contribution >= 0.6 is 0 Å². The molecule has 23 heavy (non-hydrogen) atoms. The van der Waals surface area contributed by atoms with Crippen molar-refractivity contribution in [1.29, 1.82) is 0 Å². The van der Waals surface area contributed by atoms with E-state index in [-0.39, 0.29) is 0 Å². The second kappa shape index (κ2) is 7.36. The molecule has 0 fully saturated rings. The molecule has 3 heteroatoms. The number of rotatable bonds is 6. The van der Waals surface area contributed by atoms with Gasteiger partial charge in [-0.15, -0.1) is 0 Å². The summed E-state index contributed by atoms with van der Waals surface area (Å²) < 4.78 is 0. The molecule has 0 heterocycles. The number of anilines is 3. The van der Waals surface area contributed by atoms with Crippen LogP contribution in [-0.4, -0.2) is 7.05 Å². The highest BCUT2D eigenvalue weighted by molar-refractivity contribution is 5.70. The van der Waals surface area contributed by atoms with Gasteiger partial charge in [0.25, 0.3) is 0 Å². The minimum absolute atomic E-state index is 0.955. The largest absolute Gasteiger partial charge is 0.386 e. The van der Waals surface area contributed by atoms with Crippen molar-refractivity contribution < 1.29 is 0 Å². The van der Waals surface area contributed by atoms with Gasteiger partial charge in [0.15, 0.2) is 0 Å². The average molecular weight is 303 g/mol. The Morgan fingerprint density at radius 1 is 0.609 bits per heavy atom. The molecule has 0 aliphatic heterocycles. The zero-order valence-corrected chi connectivity index (χ0v) is 13.2. The van der Waals surface area contributed by atoms with Gasteiger partial charge in [0.2, 0.25) is 0 Å². The quantitative estimate of drug-likeness (QED) is 0.575. The molecule has 0 radical (unpaired) electrons. The van der Waals surface area contributed by atoms with Gasteiger partial charge in [-0.2, -0.15) is 0 Å². The fourth-order valence-corrected chi connectivity index (χ4v) is 2.49. The fourth-order valence-electron chi connectivity index (χ4n) is 2.49. The summed E-state index contributed by atoms with van der Waals surface area (Å²) >= 11 is 0. The highest BCUT2D eigenvalue weighted by Gasteiger charge is 1.99. The molecule has 0 amide bonds. The van der Waals surface area contributed by atoms with Crippen LogP contribution in [0.2, 0.25) is 0 Å². The molecule has 0 atom stereocenters. The van der Waals surface area contributed by atoms with Crippen LogP contribution in [0.25, 0.3) is 0 Å². The van der Waals surface area contributed by atoms with E-state index < -0.39 is 0 Å². The minimum atomic E-state index is 0.955. The van der Waals surface area contributed by atoms with Gasteiger partial charge >= 0.3 is 0 Å². The van der Waals surface area contributed by atoms with Gasteiger partial charge < -0.3 is 10.7 Å². The average Bonchev–Trinajstić information content (AvgIpc) is 2.62. The lowest BCUT2D eigenvalue weighted by Crippen LogP contribution is -2.10. The van der Waals surface area contributed by atoms with Crippen molar-refractivity contribution in [1.82, 2.24) is 0 Å². The highest BCUT2D eigenvalue weighted by Crippen LogP contribution is 2.21. The molecule has 0 bridgehead atoms. The fraction of sp³-hybridized carbons (Fsp3) is 0.100. The molecule has 0 aliphatic rings. The van der Waals surface area contributed by atoms with E-state index in [2.05, 4.69) is 64.7 Å². The summed E-state index contributed by atoms with van der Waals surface area (Å²) in [5, 5.41) is 3.17. The first-order chi connectivity index (χ1) is 11.3. The van der Waals surface area contributed by atoms with Crippen molar-refractivity contribution in [3.63, 3.8) is 0 Å². The van der Waals surface area contributed by atoms with Crippen molar-refractivity contribution in [2.45, 2.75) is 6.42 Å². The van der Waals surface area contributed by atoms with Gasteiger partial charge in [0.05, 0.1) is 17.1 Å². The molecule has 3 aromatic carbocycles. The maximum Gasteiger partial charge on any atom is 0.0771 e. The Morgan fingerprint density at radius 2 is 1.22 bits per heavy atom. The van der Waals surface area contributed by atoms with Crippen LogP contribution in [0.15, 0.2) is 78.9 Å². The van der Waals surface area contributed by atoms with E-state index in [0.29, 0.717) is 0 Å². The van der Waals surface area contributed by atoms with Crippen molar-refractivity contribution in [2.24, 2.45) is 0 Å². The molecular formula is C20H21N3. The number of nitrogens with one attached hydrogen (secondary N) is 3. The second-order valence-corrected chi connectivity index (χ2v) is 5.40. The van der Waals surface area contributed by atoms with Crippen LogP contribution in [0.5, 0.6) is 0 Å². The highest BCUT2D eigenvalue weighted by atomic mass is 15.4. The molecule has 3 aromatic rings. The molecule has 3 N–H and O–H groups in total. The molecule has 3 nitrogen and oxygen atoms in total. The Hall–Kier alpha value is -2.94. The van der Waals surface area contributed by atoms with E-state index in [1.54, 1.807) is 0 Å². The second-order valence-electron chi connectivity index (χ2n) is 5.40. The summed E-state index contributed by atoms with van der Waals surface area (Å²) in [5.41, 5.74) is 12.2. The number of hydrazine groups is 1. The number of hydrogen-bond donors (Lipinski definition) is 3. The first kappa shape index (κ1) is 15.0. The van der Waals surface area contributed by atoms with E-state index in [4.69, 9.17) is 0 Å². The summed E-state index contributed by atoms with van der Waals surface area (Å²) in [6, 6.07) is 27.1. The predicted molar refractivity (Wildman–Crippen MR) is 98.9 cm³/mol. The lowest BCUT2D eigenvalue weighted by molar-refractivity contribution is 1.19. The lowest BCUT2D eigenvalue weighted by atomic mass is 10.1. The zero-order chi connectivity index (χ0) is 15.9. The summed E-state index contributed by atoms with van der Waals surface area (Å²) in [6.45, 7) is 0. The SMILES string of the molecule is CNc1ccccc1NNc1ccc(Cc2ccccc2)cc1. The van der Waals surface area contributed by atoms with E-state index in [1.807, 2.05) is 37.4 Å². The molecule has 0 aliphatic carbocycles. The minimum Gasteiger partial charge on any atom is -0.386 e. The van der Waals surface area contributed by atoms with Crippen LogP contribution in [0.1, 0.15) is 11.1 Å². The molecule has 0 unspecified atom stereocenters. The first-order valence-corrected chi connectivity index (χ1v) is 7.77. The third-order valence-electron chi connectivity index (χ3n) is 3.74. The van der Waals surface area contributed by atoms with Gasteiger partial charge in [-0.25, -0.2) is 0 Å². The standard InChI is InChI=1S/C20H21N3/c1-21-19-9-5-6-10-20(19)23-22-18-13-11-17(12-14-18)15-16-7-3-2-4-8-16/h2-14,21-23H,15H2,1H3. The third-order valence-corrected chi connectivity index (χ3v) is 3.74. The first-order valence-electron chi connectivity index (χ1n) is 7.77. The monoisotopic (exact) mass is 303 g/mol. The molecule has 116 valence electrons. The summed E-state index contributed by atoms with van der Waals surface area (Å²) in [4.78, 5) is 0. The van der Waals surface area contributed by atoms with E-state index in [1.165, 1.54) is 11.1 Å². The maximum atomic E-state index is 3.24. The van der Waals surface area contributed by atoms with Gasteiger partial charge in [-0.3, -0.25) is 5.43 Å². The van der Waals surface area contributed by atoms with Crippen LogP contribution in [0.4, 0.5) is 17.1 Å². The summed E-state index contributed by atoms with van der Waals surface area (Å²) in [7, 11) is 1.92. The van der Waals surface area contributed by atoms with Gasteiger partial charge in [0.1, 0.15) is 0 Å². The van der Waals surface area contributed by atoms with E-state index >= 15 is 0 Å². The Kier molecular flexibility index (Phi) is 4.79. The van der Waals surface area contributed by atoms with E-state index in [0.717, 1.165) is 23.5 Å². The van der Waals surface area contributed by atoms with Gasteiger partial charge in [-0.1, -0.05) is 54.6 Å². The zero-order valence-electron chi connectivity index (χ0n) is 13.2. The van der Waals surface area contributed by atoms with Crippen LogP contribution in [0.3, 0.4) is 0 Å². The Bertz CT molecular complexity index is 736. The van der Waals surface area contributed by atoms with Crippen LogP contribution in [0, 0.1) is 0 Å². The molecule has 0 spiro atoms. The number of benzene rings is 3. The molecule has 0 saturated carbocycles. The molecule has 3 rings (SSSR count). The van der Waals surface area contributed by atoms with Gasteiger partial charge in [-0.05, 0) is 41.8 Å². The molecule has 0 aromatic heterocycles. The predicted octanol–water partition coefficient (Wildman–Crippen LogP) is 4.76. The van der Waals surface area contributed by atoms with Crippen LogP contribution < -0.4 is 16.2 Å². The van der Waals surface area contributed by atoms with Crippen LogP contribution in [-0.2, 0) is 6.42 Å². The maximum absolute atomic E-state index is 3.24. The smallest absolute Gasteiger partial charge is 0.0771 e. The topological polar surface area (TPSA) is 36.1 Å². The summed E-state index contributed by atoms with van der Waals surface area (Å²) in [5.74, 6) is 0. The number of hydrogen-bond acceptors (Lipinski definition) is 3. The molecular weight excluding hydrogens is 282 g/mol. The van der Waals surface area contributed by atoms with Crippen molar-refractivity contribution >= 4 is 17.1 Å².